The van der Waals surface area contributed by atoms with Crippen molar-refractivity contribution >= 4 is 0 Å². The smallest absolute Gasteiger partial charge is 0.00717 e. The number of nitrogens with one attached hydrogen (secondary N) is 1. The molecule has 1 unspecified atom stereocenters. The molecule has 0 aromatic heterocycles. The van der Waals surface area contributed by atoms with Crippen molar-refractivity contribution in [1.82, 2.24) is 5.32 Å². The molecule has 0 aliphatic carbocycles. The summed E-state index contributed by atoms with van der Waals surface area (Å²) in [6.45, 7) is 13.6. The number of hydrogen-bond acceptors (Lipinski definition) is 1. The molecule has 0 heterocycles. The maximum atomic E-state index is 3.59. The van der Waals surface area contributed by atoms with Gasteiger partial charge >= 0.3 is 0 Å². The predicted molar refractivity (Wildman–Crippen MR) is 56.4 cm³/mol. The van der Waals surface area contributed by atoms with Gasteiger partial charge in [0.25, 0.3) is 0 Å². The summed E-state index contributed by atoms with van der Waals surface area (Å²) in [6, 6.07) is 1.29. The second-order valence-electron chi connectivity index (χ2n) is 5.19. The van der Waals surface area contributed by atoms with Crippen LogP contribution in [0.25, 0.3) is 0 Å². The first-order chi connectivity index (χ1) is 5.35. The zero-order chi connectivity index (χ0) is 9.78. The van der Waals surface area contributed by atoms with Crippen molar-refractivity contribution in [2.75, 3.05) is 0 Å². The lowest BCUT2D eigenvalue weighted by atomic mass is 9.87. The Labute approximate surface area is 77.9 Å². The molecule has 0 saturated carbocycles. The molecule has 0 aromatic rings. The van der Waals surface area contributed by atoms with Gasteiger partial charge in [0.2, 0.25) is 0 Å². The molecular weight excluding hydrogens is 146 g/mol. The molecule has 0 rings (SSSR count). The van der Waals surface area contributed by atoms with Crippen LogP contribution in [-0.4, -0.2) is 12.1 Å². The highest BCUT2D eigenvalue weighted by Crippen LogP contribution is 2.22. The van der Waals surface area contributed by atoms with E-state index >= 15 is 0 Å². The van der Waals surface area contributed by atoms with E-state index in [-0.39, 0.29) is 0 Å². The number of rotatable bonds is 4. The minimum atomic E-state index is 0.447. The van der Waals surface area contributed by atoms with Crippen LogP contribution in [0.4, 0.5) is 0 Å². The first-order valence-electron chi connectivity index (χ1n) is 5.11. The highest BCUT2D eigenvalue weighted by molar-refractivity contribution is 4.74. The van der Waals surface area contributed by atoms with Gasteiger partial charge in [0.05, 0.1) is 0 Å². The van der Waals surface area contributed by atoms with Crippen molar-refractivity contribution in [3.05, 3.63) is 0 Å². The van der Waals surface area contributed by atoms with E-state index in [2.05, 4.69) is 46.9 Å². The van der Waals surface area contributed by atoms with Gasteiger partial charge in [-0.2, -0.15) is 0 Å². The van der Waals surface area contributed by atoms with Crippen LogP contribution in [0, 0.1) is 5.41 Å². The lowest BCUT2D eigenvalue weighted by molar-refractivity contribution is 0.292. The molecule has 0 spiro atoms. The first-order valence-corrected chi connectivity index (χ1v) is 5.11. The molecule has 12 heavy (non-hydrogen) atoms. The summed E-state index contributed by atoms with van der Waals surface area (Å²) in [6.07, 6.45) is 2.50. The minimum Gasteiger partial charge on any atom is -0.312 e. The van der Waals surface area contributed by atoms with Gasteiger partial charge in [-0.25, -0.2) is 0 Å². The Kier molecular flexibility index (Phi) is 4.84. The lowest BCUT2D eigenvalue weighted by Crippen LogP contribution is -2.36. The van der Waals surface area contributed by atoms with Crippen molar-refractivity contribution in [1.29, 1.82) is 0 Å². The molecule has 1 N–H and O–H groups in total. The molecular formula is C11H25N. The summed E-state index contributed by atoms with van der Waals surface area (Å²) in [7, 11) is 0. The molecule has 1 nitrogen and oxygen atoms in total. The maximum absolute atomic E-state index is 3.59. The molecule has 0 bridgehead atoms. The standard InChI is InChI=1S/C11H25N/c1-7-10(12-9(2)3)8-11(4,5)6/h9-10,12H,7-8H2,1-6H3. The zero-order valence-electron chi connectivity index (χ0n) is 9.57. The molecule has 0 aliphatic heterocycles. The Morgan fingerprint density at radius 3 is 1.92 bits per heavy atom. The summed E-state index contributed by atoms with van der Waals surface area (Å²) in [5.74, 6) is 0. The molecule has 0 amide bonds. The van der Waals surface area contributed by atoms with Crippen molar-refractivity contribution in [2.45, 2.75) is 66.5 Å². The normalized spacial score (nSPS) is 15.2. The fourth-order valence-corrected chi connectivity index (χ4v) is 1.53. The van der Waals surface area contributed by atoms with Gasteiger partial charge in [-0.15, -0.1) is 0 Å². The largest absolute Gasteiger partial charge is 0.312 e. The zero-order valence-corrected chi connectivity index (χ0v) is 9.57. The Bertz CT molecular complexity index is 111. The van der Waals surface area contributed by atoms with Gasteiger partial charge in [-0.1, -0.05) is 41.5 Å². The molecule has 0 saturated heterocycles. The SMILES string of the molecule is CCC(CC(C)(C)C)NC(C)C. The van der Waals surface area contributed by atoms with E-state index in [1.54, 1.807) is 0 Å². The summed E-state index contributed by atoms with van der Waals surface area (Å²) in [5.41, 5.74) is 0.447. The van der Waals surface area contributed by atoms with Gasteiger partial charge in [0.15, 0.2) is 0 Å². The highest BCUT2D eigenvalue weighted by atomic mass is 14.9. The van der Waals surface area contributed by atoms with E-state index in [9.17, 15) is 0 Å². The third kappa shape index (κ3) is 6.66. The second-order valence-corrected chi connectivity index (χ2v) is 5.19. The van der Waals surface area contributed by atoms with Crippen molar-refractivity contribution in [3.8, 4) is 0 Å². The molecule has 74 valence electrons. The lowest BCUT2D eigenvalue weighted by Gasteiger charge is -2.27. The average Bonchev–Trinajstić information content (AvgIpc) is 1.82. The predicted octanol–water partition coefficient (Wildman–Crippen LogP) is 3.20. The van der Waals surface area contributed by atoms with Crippen LogP contribution in [0.2, 0.25) is 0 Å². The molecule has 0 radical (unpaired) electrons. The van der Waals surface area contributed by atoms with Gasteiger partial charge in [0, 0.05) is 12.1 Å². The van der Waals surface area contributed by atoms with Crippen LogP contribution in [0.1, 0.15) is 54.4 Å². The van der Waals surface area contributed by atoms with Gasteiger partial charge in [0.1, 0.15) is 0 Å². The van der Waals surface area contributed by atoms with Gasteiger partial charge < -0.3 is 5.32 Å². The summed E-state index contributed by atoms with van der Waals surface area (Å²) in [5, 5.41) is 3.59. The summed E-state index contributed by atoms with van der Waals surface area (Å²) >= 11 is 0. The van der Waals surface area contributed by atoms with Crippen molar-refractivity contribution in [2.24, 2.45) is 5.41 Å². The maximum Gasteiger partial charge on any atom is 0.00717 e. The third-order valence-electron chi connectivity index (χ3n) is 1.92. The van der Waals surface area contributed by atoms with Crippen molar-refractivity contribution in [3.63, 3.8) is 0 Å². The second kappa shape index (κ2) is 4.86. The Morgan fingerprint density at radius 1 is 1.17 bits per heavy atom. The minimum absolute atomic E-state index is 0.447. The Balaban J connectivity index is 3.83. The van der Waals surface area contributed by atoms with Crippen molar-refractivity contribution < 1.29 is 0 Å². The topological polar surface area (TPSA) is 12.0 Å². The van der Waals surface area contributed by atoms with E-state index in [0.29, 0.717) is 17.5 Å². The molecule has 1 heteroatoms. The first kappa shape index (κ1) is 12.0. The van der Waals surface area contributed by atoms with Gasteiger partial charge in [-0.3, -0.25) is 0 Å². The fourth-order valence-electron chi connectivity index (χ4n) is 1.53. The van der Waals surface area contributed by atoms with Gasteiger partial charge in [-0.05, 0) is 18.3 Å². The summed E-state index contributed by atoms with van der Waals surface area (Å²) < 4.78 is 0. The van der Waals surface area contributed by atoms with Crippen LogP contribution in [-0.2, 0) is 0 Å². The molecule has 0 aliphatic rings. The Morgan fingerprint density at radius 2 is 1.67 bits per heavy atom. The molecule has 0 fully saturated rings. The number of hydrogen-bond donors (Lipinski definition) is 1. The average molecular weight is 171 g/mol. The van der Waals surface area contributed by atoms with E-state index in [4.69, 9.17) is 0 Å². The van der Waals surface area contributed by atoms with Crippen LogP contribution in [0.5, 0.6) is 0 Å². The highest BCUT2D eigenvalue weighted by Gasteiger charge is 2.17. The van der Waals surface area contributed by atoms with Crippen LogP contribution >= 0.6 is 0 Å². The molecule has 1 atom stereocenters. The summed E-state index contributed by atoms with van der Waals surface area (Å²) in [4.78, 5) is 0. The molecule has 0 aromatic carbocycles. The quantitative estimate of drug-likeness (QED) is 0.685. The third-order valence-corrected chi connectivity index (χ3v) is 1.92. The van der Waals surface area contributed by atoms with Crippen LogP contribution in [0.15, 0.2) is 0 Å². The van der Waals surface area contributed by atoms with E-state index in [1.165, 1.54) is 12.8 Å². The van der Waals surface area contributed by atoms with E-state index < -0.39 is 0 Å². The van der Waals surface area contributed by atoms with Crippen LogP contribution < -0.4 is 5.32 Å². The Hall–Kier alpha value is -0.0400. The van der Waals surface area contributed by atoms with E-state index in [0.717, 1.165) is 0 Å². The monoisotopic (exact) mass is 171 g/mol. The van der Waals surface area contributed by atoms with Crippen LogP contribution in [0.3, 0.4) is 0 Å². The van der Waals surface area contributed by atoms with E-state index in [1.807, 2.05) is 0 Å². The fraction of sp³-hybridized carbons (Fsp3) is 1.00.